The normalized spacial score (nSPS) is 13.1. The molecule has 0 bridgehead atoms. The minimum Gasteiger partial charge on any atom is -0.242 e. The zero-order valence-corrected chi connectivity index (χ0v) is 7.76. The summed E-state index contributed by atoms with van der Waals surface area (Å²) in [5.74, 6) is 0.220. The maximum absolute atomic E-state index is 11.9. The van der Waals surface area contributed by atoms with Crippen LogP contribution < -0.4 is 0 Å². The molecule has 0 aliphatic carbocycles. The Morgan fingerprint density at radius 3 is 2.64 bits per heavy atom. The van der Waals surface area contributed by atoms with Crippen LogP contribution in [0.2, 0.25) is 0 Å². The molecule has 0 aliphatic rings. The molecule has 0 spiro atoms. The molecule has 0 aliphatic heterocycles. The molecule has 0 saturated carbocycles. The zero-order valence-electron chi connectivity index (χ0n) is 7.01. The van der Waals surface area contributed by atoms with Crippen molar-refractivity contribution in [2.75, 3.05) is 0 Å². The molecule has 1 heterocycles. The van der Waals surface area contributed by atoms with E-state index in [4.69, 9.17) is 11.6 Å². The second kappa shape index (κ2) is 3.91. The Balaban J connectivity index is 2.98. The average molecular weight is 224 g/mol. The highest BCUT2D eigenvalue weighted by molar-refractivity contribution is 6.67. The van der Waals surface area contributed by atoms with Crippen molar-refractivity contribution >= 4 is 22.6 Å². The summed E-state index contributed by atoms with van der Waals surface area (Å²) in [6.07, 6.45) is -3.33. The van der Waals surface area contributed by atoms with Crippen molar-refractivity contribution in [3.63, 3.8) is 0 Å². The predicted molar refractivity (Wildman–Crippen MR) is 45.8 cm³/mol. The number of aromatic nitrogens is 2. The lowest BCUT2D eigenvalue weighted by atomic mass is 10.5. The van der Waals surface area contributed by atoms with E-state index in [0.29, 0.717) is 5.82 Å². The summed E-state index contributed by atoms with van der Waals surface area (Å²) in [5.41, 5.74) is 0. The van der Waals surface area contributed by atoms with Gasteiger partial charge in [-0.15, -0.1) is 0 Å². The summed E-state index contributed by atoms with van der Waals surface area (Å²) in [6, 6.07) is 1.24. The van der Waals surface area contributed by atoms with Gasteiger partial charge in [0.05, 0.1) is 0 Å². The van der Waals surface area contributed by atoms with Gasteiger partial charge in [-0.1, -0.05) is 11.6 Å². The second-order valence-electron chi connectivity index (χ2n) is 2.36. The second-order valence-corrected chi connectivity index (χ2v) is 2.72. The standard InChI is InChI=1S/C7H5ClF3N3/c1-4-12-3-2-5(13-4)14-6(8)7(9,10)11/h2-3H,1H3. The van der Waals surface area contributed by atoms with Crippen molar-refractivity contribution in [2.24, 2.45) is 4.99 Å². The Morgan fingerprint density at radius 1 is 1.50 bits per heavy atom. The molecule has 14 heavy (non-hydrogen) atoms. The Morgan fingerprint density at radius 2 is 2.14 bits per heavy atom. The first-order valence-electron chi connectivity index (χ1n) is 3.50. The Hall–Kier alpha value is -1.17. The van der Waals surface area contributed by atoms with Gasteiger partial charge in [-0.3, -0.25) is 0 Å². The minimum atomic E-state index is -4.64. The fourth-order valence-electron chi connectivity index (χ4n) is 0.670. The van der Waals surface area contributed by atoms with Gasteiger partial charge in [-0.25, -0.2) is 15.0 Å². The van der Waals surface area contributed by atoms with Gasteiger partial charge in [-0.2, -0.15) is 13.2 Å². The molecule has 0 N–H and O–H groups in total. The van der Waals surface area contributed by atoms with Gasteiger partial charge in [0.1, 0.15) is 5.82 Å². The lowest BCUT2D eigenvalue weighted by molar-refractivity contribution is -0.0558. The minimum absolute atomic E-state index is 0.111. The van der Waals surface area contributed by atoms with Crippen molar-refractivity contribution in [3.05, 3.63) is 18.1 Å². The molecule has 1 aromatic heterocycles. The summed E-state index contributed by atoms with van der Waals surface area (Å²) < 4.78 is 35.8. The van der Waals surface area contributed by atoms with Crippen LogP contribution in [0.25, 0.3) is 0 Å². The van der Waals surface area contributed by atoms with Gasteiger partial charge in [0.25, 0.3) is 0 Å². The number of aryl methyl sites for hydroxylation is 1. The van der Waals surface area contributed by atoms with Crippen molar-refractivity contribution in [1.82, 2.24) is 9.97 Å². The van der Waals surface area contributed by atoms with Crippen LogP contribution in [0.1, 0.15) is 5.82 Å². The molecule has 0 amide bonds. The molecule has 0 radical (unpaired) electrons. The number of nitrogens with zero attached hydrogens (tertiary/aromatic N) is 3. The SMILES string of the molecule is Cc1nccc(N=C(Cl)C(F)(F)F)n1. The fourth-order valence-corrected chi connectivity index (χ4v) is 0.757. The molecule has 0 fully saturated rings. The number of halogens is 4. The van der Waals surface area contributed by atoms with Gasteiger partial charge >= 0.3 is 6.18 Å². The van der Waals surface area contributed by atoms with Gasteiger partial charge in [-0.05, 0) is 6.92 Å². The Bertz CT molecular complexity index is 361. The first-order valence-corrected chi connectivity index (χ1v) is 3.88. The predicted octanol–water partition coefficient (Wildman–Crippen LogP) is 2.62. The van der Waals surface area contributed by atoms with Gasteiger partial charge in [0.2, 0.25) is 5.17 Å². The molecule has 1 aromatic rings. The first kappa shape index (κ1) is 10.9. The Labute approximate surface area is 82.7 Å². The van der Waals surface area contributed by atoms with Crippen LogP contribution >= 0.6 is 11.6 Å². The van der Waals surface area contributed by atoms with Gasteiger partial charge in [0, 0.05) is 12.3 Å². The summed E-state index contributed by atoms with van der Waals surface area (Å²) >= 11 is 4.91. The van der Waals surface area contributed by atoms with E-state index in [1.54, 1.807) is 6.92 Å². The van der Waals surface area contributed by atoms with Crippen molar-refractivity contribution < 1.29 is 13.2 Å². The van der Waals surface area contributed by atoms with Crippen molar-refractivity contribution in [2.45, 2.75) is 13.1 Å². The van der Waals surface area contributed by atoms with Gasteiger partial charge in [0.15, 0.2) is 5.82 Å². The molecule has 3 nitrogen and oxygen atoms in total. The number of hydrogen-bond donors (Lipinski definition) is 0. The molecular weight excluding hydrogens is 219 g/mol. The van der Waals surface area contributed by atoms with Gasteiger partial charge < -0.3 is 0 Å². The Kier molecular flexibility index (Phi) is 3.05. The van der Waals surface area contributed by atoms with Crippen LogP contribution in [0.4, 0.5) is 19.0 Å². The third kappa shape index (κ3) is 2.95. The quantitative estimate of drug-likeness (QED) is 0.687. The third-order valence-corrected chi connectivity index (χ3v) is 1.51. The highest BCUT2D eigenvalue weighted by Gasteiger charge is 2.34. The summed E-state index contributed by atoms with van der Waals surface area (Å²) in [7, 11) is 0. The summed E-state index contributed by atoms with van der Waals surface area (Å²) in [5, 5.41) is -1.45. The number of aliphatic imine (C=N–C) groups is 1. The van der Waals surface area contributed by atoms with Crippen LogP contribution in [0.5, 0.6) is 0 Å². The number of rotatable bonds is 1. The lowest BCUT2D eigenvalue weighted by Gasteiger charge is -2.02. The monoisotopic (exact) mass is 223 g/mol. The van der Waals surface area contributed by atoms with E-state index in [-0.39, 0.29) is 5.82 Å². The zero-order chi connectivity index (χ0) is 10.8. The molecular formula is C7H5ClF3N3. The van der Waals surface area contributed by atoms with E-state index < -0.39 is 11.3 Å². The van der Waals surface area contributed by atoms with Crippen molar-refractivity contribution in [3.8, 4) is 0 Å². The molecule has 76 valence electrons. The van der Waals surface area contributed by atoms with E-state index in [1.165, 1.54) is 12.3 Å². The van der Waals surface area contributed by atoms with Crippen LogP contribution in [-0.2, 0) is 0 Å². The molecule has 1 rings (SSSR count). The van der Waals surface area contributed by atoms with E-state index in [9.17, 15) is 13.2 Å². The fraction of sp³-hybridized carbons (Fsp3) is 0.286. The van der Waals surface area contributed by atoms with E-state index in [1.807, 2.05) is 0 Å². The number of alkyl halides is 3. The summed E-state index contributed by atoms with van der Waals surface area (Å²) in [4.78, 5) is 10.4. The smallest absolute Gasteiger partial charge is 0.242 e. The maximum atomic E-state index is 11.9. The molecule has 0 saturated heterocycles. The first-order chi connectivity index (χ1) is 6.39. The lowest BCUT2D eigenvalue weighted by Crippen LogP contribution is -2.16. The molecule has 0 aromatic carbocycles. The van der Waals surface area contributed by atoms with E-state index in [2.05, 4.69) is 15.0 Å². The topological polar surface area (TPSA) is 38.1 Å². The average Bonchev–Trinajstić information content (AvgIpc) is 2.02. The van der Waals surface area contributed by atoms with E-state index in [0.717, 1.165) is 0 Å². The summed E-state index contributed by atoms with van der Waals surface area (Å²) in [6.45, 7) is 1.54. The molecule has 0 unspecified atom stereocenters. The van der Waals surface area contributed by atoms with E-state index >= 15 is 0 Å². The molecule has 7 heteroatoms. The highest BCUT2D eigenvalue weighted by Crippen LogP contribution is 2.22. The highest BCUT2D eigenvalue weighted by atomic mass is 35.5. The van der Waals surface area contributed by atoms with Crippen LogP contribution in [0.3, 0.4) is 0 Å². The van der Waals surface area contributed by atoms with Crippen LogP contribution in [-0.4, -0.2) is 21.3 Å². The largest absolute Gasteiger partial charge is 0.444 e. The van der Waals surface area contributed by atoms with Crippen LogP contribution in [0.15, 0.2) is 17.3 Å². The van der Waals surface area contributed by atoms with Crippen LogP contribution in [0, 0.1) is 6.92 Å². The van der Waals surface area contributed by atoms with Crippen molar-refractivity contribution in [1.29, 1.82) is 0 Å². The molecule has 0 atom stereocenters. The maximum Gasteiger partial charge on any atom is 0.444 e. The number of hydrogen-bond acceptors (Lipinski definition) is 3. The third-order valence-electron chi connectivity index (χ3n) is 1.21.